The fraction of sp³-hybridized carbons (Fsp3) is 0.238. The van der Waals surface area contributed by atoms with Crippen LogP contribution in [0.25, 0.3) is 11.1 Å². The monoisotopic (exact) mass is 400 g/mol. The summed E-state index contributed by atoms with van der Waals surface area (Å²) >= 11 is 0. The minimum absolute atomic E-state index is 0. The van der Waals surface area contributed by atoms with Gasteiger partial charge < -0.3 is 0 Å². The minimum atomic E-state index is -2.66. The van der Waals surface area contributed by atoms with Crippen LogP contribution in [0.3, 0.4) is 0 Å². The number of pyridine rings is 1. The molecule has 0 unspecified atom stereocenters. The van der Waals surface area contributed by atoms with E-state index in [0.717, 1.165) is 22.9 Å². The largest absolute Gasteiger partial charge is 0.278 e. The predicted octanol–water partition coefficient (Wildman–Crippen LogP) is 4.89. The molecule has 0 bridgehead atoms. The van der Waals surface area contributed by atoms with Crippen LogP contribution in [-0.4, -0.2) is 20.9 Å². The van der Waals surface area contributed by atoms with E-state index in [0.29, 0.717) is 17.2 Å². The number of hydrogen-bond donors (Lipinski definition) is 0. The van der Waals surface area contributed by atoms with Gasteiger partial charge in [-0.3, -0.25) is 19.4 Å². The third-order valence-corrected chi connectivity index (χ3v) is 5.02. The van der Waals surface area contributed by atoms with E-state index in [-0.39, 0.29) is 16.2 Å². The van der Waals surface area contributed by atoms with E-state index in [1.807, 2.05) is 32.0 Å². The number of fused-ring (bicyclic) bond motifs is 1. The molecule has 0 atom stereocenters. The van der Waals surface area contributed by atoms with Crippen molar-refractivity contribution in [2.24, 2.45) is 0 Å². The first-order valence-electron chi connectivity index (χ1n) is 8.80. The second kappa shape index (κ2) is 7.27. The van der Waals surface area contributed by atoms with Crippen LogP contribution < -0.4 is 4.90 Å². The van der Waals surface area contributed by atoms with E-state index >= 15 is 0 Å². The fourth-order valence-corrected chi connectivity index (χ4v) is 3.41. The Hall–Kier alpha value is -3.29. The summed E-state index contributed by atoms with van der Waals surface area (Å²) in [6.07, 6.45) is 3.32. The molecular formula is C21H19F3N4O. The zero-order valence-electron chi connectivity index (χ0n) is 16.1. The number of halogens is 3. The number of hydrogen-bond acceptors (Lipinski definition) is 4. The van der Waals surface area contributed by atoms with Gasteiger partial charge in [-0.25, -0.2) is 18.7 Å². The van der Waals surface area contributed by atoms with Crippen LogP contribution in [0.1, 0.15) is 37.2 Å². The average molecular weight is 400 g/mol. The van der Waals surface area contributed by atoms with Crippen molar-refractivity contribution in [2.45, 2.75) is 32.6 Å². The van der Waals surface area contributed by atoms with E-state index in [1.165, 1.54) is 17.2 Å². The van der Waals surface area contributed by atoms with E-state index < -0.39 is 11.8 Å². The standard InChI is InChI=1S/C21H18F2N4O.FH/c1-12-25-9-15(10-26-12)13-4-5-17-18(7-13)27(20(28)21(17,2)3)16-6-14(19(22)23)8-24-11-16;/h4-11,19H,1-3H3;1H. The third kappa shape index (κ3) is 3.35. The van der Waals surface area contributed by atoms with Crippen LogP contribution in [0.2, 0.25) is 0 Å². The van der Waals surface area contributed by atoms with Crippen LogP contribution in [0, 0.1) is 6.92 Å². The molecule has 1 aliphatic rings. The first-order valence-corrected chi connectivity index (χ1v) is 8.80. The lowest BCUT2D eigenvalue weighted by molar-refractivity contribution is -0.121. The number of nitrogens with zero attached hydrogens (tertiary/aromatic N) is 4. The number of benzene rings is 1. The molecule has 1 aromatic carbocycles. The van der Waals surface area contributed by atoms with Crippen LogP contribution in [-0.2, 0) is 10.2 Å². The molecule has 5 nitrogen and oxygen atoms in total. The molecule has 0 saturated carbocycles. The zero-order valence-corrected chi connectivity index (χ0v) is 16.1. The molecule has 0 spiro atoms. The number of carbonyl (C=O) groups excluding carboxylic acids is 1. The zero-order chi connectivity index (χ0) is 20.1. The number of alkyl halides is 2. The lowest BCUT2D eigenvalue weighted by Crippen LogP contribution is -2.33. The highest BCUT2D eigenvalue weighted by Gasteiger charge is 2.44. The van der Waals surface area contributed by atoms with E-state index in [9.17, 15) is 13.6 Å². The normalized spacial score (nSPS) is 14.7. The second-order valence-electron chi connectivity index (χ2n) is 7.29. The molecular weight excluding hydrogens is 381 g/mol. The van der Waals surface area contributed by atoms with Gasteiger partial charge >= 0.3 is 0 Å². The Kier molecular flexibility index (Phi) is 5.13. The number of amides is 1. The SMILES string of the molecule is Cc1ncc(-c2ccc3c(c2)N(c2cncc(C(F)F)c2)C(=O)C3(C)C)cn1.F. The Morgan fingerprint density at radius 1 is 1.00 bits per heavy atom. The van der Waals surface area contributed by atoms with Crippen molar-refractivity contribution in [1.29, 1.82) is 0 Å². The Morgan fingerprint density at radius 3 is 2.34 bits per heavy atom. The van der Waals surface area contributed by atoms with Gasteiger partial charge in [-0.1, -0.05) is 12.1 Å². The van der Waals surface area contributed by atoms with Gasteiger partial charge in [-0.15, -0.1) is 0 Å². The summed E-state index contributed by atoms with van der Waals surface area (Å²) in [5.74, 6) is 0.478. The molecule has 0 aliphatic carbocycles. The summed E-state index contributed by atoms with van der Waals surface area (Å²) in [6.45, 7) is 5.46. The number of rotatable bonds is 3. The number of aromatic nitrogens is 3. The molecule has 3 aromatic rings. The maximum atomic E-state index is 13.1. The van der Waals surface area contributed by atoms with E-state index in [2.05, 4.69) is 15.0 Å². The van der Waals surface area contributed by atoms with Gasteiger partial charge in [0, 0.05) is 29.7 Å². The van der Waals surface area contributed by atoms with Crippen molar-refractivity contribution >= 4 is 17.3 Å². The van der Waals surface area contributed by atoms with E-state index in [4.69, 9.17) is 0 Å². The van der Waals surface area contributed by atoms with Crippen LogP contribution in [0.4, 0.5) is 24.9 Å². The predicted molar refractivity (Wildman–Crippen MR) is 104 cm³/mol. The minimum Gasteiger partial charge on any atom is -0.278 e. The molecule has 0 radical (unpaired) electrons. The summed E-state index contributed by atoms with van der Waals surface area (Å²) in [4.78, 5) is 26.9. The molecule has 1 amide bonds. The van der Waals surface area contributed by atoms with Gasteiger partial charge in [0.05, 0.1) is 23.0 Å². The Morgan fingerprint density at radius 2 is 1.69 bits per heavy atom. The van der Waals surface area contributed by atoms with Crippen molar-refractivity contribution in [2.75, 3.05) is 4.90 Å². The first kappa shape index (κ1) is 20.4. The van der Waals surface area contributed by atoms with Crippen LogP contribution >= 0.6 is 0 Å². The van der Waals surface area contributed by atoms with Crippen LogP contribution in [0.15, 0.2) is 49.1 Å². The number of anilines is 2. The van der Waals surface area contributed by atoms with Gasteiger partial charge in [0.1, 0.15) is 5.82 Å². The van der Waals surface area contributed by atoms with Crippen LogP contribution in [0.5, 0.6) is 0 Å². The van der Waals surface area contributed by atoms with Gasteiger partial charge in [0.25, 0.3) is 6.43 Å². The molecule has 8 heteroatoms. The Bertz CT molecular complexity index is 1070. The molecule has 29 heavy (non-hydrogen) atoms. The van der Waals surface area contributed by atoms with E-state index in [1.54, 1.807) is 19.3 Å². The Balaban J connectivity index is 0.00000240. The summed E-state index contributed by atoms with van der Waals surface area (Å²) in [5.41, 5.74) is 2.46. The van der Waals surface area contributed by atoms with Gasteiger partial charge in [0.2, 0.25) is 5.91 Å². The number of aryl methyl sites for hydroxylation is 1. The Labute approximate surface area is 165 Å². The summed E-state index contributed by atoms with van der Waals surface area (Å²) < 4.78 is 26.3. The van der Waals surface area contributed by atoms with Crippen molar-refractivity contribution in [3.63, 3.8) is 0 Å². The molecule has 0 N–H and O–H groups in total. The summed E-state index contributed by atoms with van der Waals surface area (Å²) in [5, 5.41) is 0. The lowest BCUT2D eigenvalue weighted by atomic mass is 9.85. The van der Waals surface area contributed by atoms with Gasteiger partial charge in [-0.05, 0) is 44.0 Å². The third-order valence-electron chi connectivity index (χ3n) is 5.02. The molecule has 1 aliphatic heterocycles. The van der Waals surface area contributed by atoms with Crippen molar-refractivity contribution in [3.8, 4) is 11.1 Å². The maximum absolute atomic E-state index is 13.1. The molecule has 150 valence electrons. The highest BCUT2D eigenvalue weighted by atomic mass is 19.3. The van der Waals surface area contributed by atoms with Gasteiger partial charge in [0.15, 0.2) is 0 Å². The summed E-state index contributed by atoms with van der Waals surface area (Å²) in [6, 6.07) is 6.99. The highest BCUT2D eigenvalue weighted by molar-refractivity contribution is 6.12. The molecule has 2 aromatic heterocycles. The van der Waals surface area contributed by atoms with Gasteiger partial charge in [-0.2, -0.15) is 0 Å². The fourth-order valence-electron chi connectivity index (χ4n) is 3.41. The van der Waals surface area contributed by atoms with Crippen molar-refractivity contribution < 1.29 is 18.3 Å². The highest BCUT2D eigenvalue weighted by Crippen LogP contribution is 2.46. The lowest BCUT2D eigenvalue weighted by Gasteiger charge is -2.20. The molecule has 3 heterocycles. The molecule has 4 rings (SSSR count). The quantitative estimate of drug-likeness (QED) is 0.628. The first-order chi connectivity index (χ1) is 13.3. The topological polar surface area (TPSA) is 59.0 Å². The average Bonchev–Trinajstić information content (AvgIpc) is 2.88. The summed E-state index contributed by atoms with van der Waals surface area (Å²) in [7, 11) is 0. The van der Waals surface area contributed by atoms with Crippen molar-refractivity contribution in [3.05, 3.63) is 66.0 Å². The molecule has 0 fully saturated rings. The molecule has 0 saturated heterocycles. The maximum Gasteiger partial charge on any atom is 0.265 e. The second-order valence-corrected chi connectivity index (χ2v) is 7.29. The number of carbonyl (C=O) groups is 1. The smallest absolute Gasteiger partial charge is 0.265 e. The van der Waals surface area contributed by atoms with Crippen molar-refractivity contribution in [1.82, 2.24) is 15.0 Å².